The first-order chi connectivity index (χ1) is 13.4. The number of alkyl halides is 2. The van der Waals surface area contributed by atoms with Gasteiger partial charge in [0.05, 0.1) is 6.10 Å². The molecule has 0 radical (unpaired) electrons. The molecule has 0 aliphatic heterocycles. The molecule has 0 aliphatic carbocycles. The van der Waals surface area contributed by atoms with Gasteiger partial charge in [-0.2, -0.15) is 0 Å². The lowest BCUT2D eigenvalue weighted by molar-refractivity contribution is 0.0818. The van der Waals surface area contributed by atoms with Gasteiger partial charge in [-0.3, -0.25) is 0 Å². The fraction of sp³-hybridized carbons (Fsp3) is 0.381. The zero-order chi connectivity index (χ0) is 20.4. The third kappa shape index (κ3) is 8.24. The van der Waals surface area contributed by atoms with E-state index in [0.29, 0.717) is 18.7 Å². The second-order valence-electron chi connectivity index (χ2n) is 6.52. The van der Waals surface area contributed by atoms with E-state index < -0.39 is 13.0 Å². The summed E-state index contributed by atoms with van der Waals surface area (Å²) < 4.78 is 34.9. The Bertz CT molecular complexity index is 737. The van der Waals surface area contributed by atoms with Crippen LogP contribution in [0.3, 0.4) is 0 Å². The molecule has 0 atom stereocenters. The Labute approximate surface area is 164 Å². The fourth-order valence-electron chi connectivity index (χ4n) is 2.48. The summed E-state index contributed by atoms with van der Waals surface area (Å²) in [5.41, 5.74) is 1.86. The molecule has 2 aromatic carbocycles. The number of amides is 2. The van der Waals surface area contributed by atoms with Gasteiger partial charge in [0.25, 0.3) is 6.43 Å². The maximum Gasteiger partial charge on any atom is 0.315 e. The Hall–Kier alpha value is -2.83. The van der Waals surface area contributed by atoms with Crippen LogP contribution in [-0.2, 0) is 13.0 Å². The quantitative estimate of drug-likeness (QED) is 0.638. The van der Waals surface area contributed by atoms with Crippen LogP contribution in [0, 0.1) is 0 Å². The Morgan fingerprint density at radius 2 is 1.75 bits per heavy atom. The molecule has 0 bridgehead atoms. The molecule has 0 unspecified atom stereocenters. The summed E-state index contributed by atoms with van der Waals surface area (Å²) in [6.45, 7) is 4.07. The van der Waals surface area contributed by atoms with E-state index in [4.69, 9.17) is 9.47 Å². The van der Waals surface area contributed by atoms with Gasteiger partial charge in [0.15, 0.2) is 0 Å². The highest BCUT2D eigenvalue weighted by molar-refractivity contribution is 5.73. The normalized spacial score (nSPS) is 10.8. The van der Waals surface area contributed by atoms with E-state index >= 15 is 0 Å². The van der Waals surface area contributed by atoms with Crippen molar-refractivity contribution in [2.45, 2.75) is 39.3 Å². The minimum atomic E-state index is -2.52. The van der Waals surface area contributed by atoms with Crippen LogP contribution < -0.4 is 20.1 Å². The highest BCUT2D eigenvalue weighted by Crippen LogP contribution is 2.15. The Kier molecular flexibility index (Phi) is 8.52. The van der Waals surface area contributed by atoms with Crippen LogP contribution in [0.4, 0.5) is 13.6 Å². The Morgan fingerprint density at radius 3 is 2.43 bits per heavy atom. The number of ether oxygens (including phenoxy) is 2. The number of carbonyl (C=O) groups is 1. The summed E-state index contributed by atoms with van der Waals surface area (Å²) in [4.78, 5) is 11.9. The number of hydrogen-bond donors (Lipinski definition) is 2. The number of nitrogens with one attached hydrogen (secondary N) is 2. The minimum Gasteiger partial charge on any atom is -0.491 e. The van der Waals surface area contributed by atoms with Crippen molar-refractivity contribution in [3.05, 3.63) is 59.7 Å². The van der Waals surface area contributed by atoms with Gasteiger partial charge >= 0.3 is 6.03 Å². The van der Waals surface area contributed by atoms with Crippen molar-refractivity contribution >= 4 is 6.03 Å². The molecule has 2 N–H and O–H groups in total. The van der Waals surface area contributed by atoms with Crippen molar-refractivity contribution in [3.8, 4) is 11.5 Å². The molecule has 7 heteroatoms. The van der Waals surface area contributed by atoms with Crippen molar-refractivity contribution in [2.24, 2.45) is 0 Å². The molecule has 0 saturated heterocycles. The van der Waals surface area contributed by atoms with E-state index in [2.05, 4.69) is 10.6 Å². The zero-order valence-electron chi connectivity index (χ0n) is 16.1. The van der Waals surface area contributed by atoms with E-state index in [1.165, 1.54) is 0 Å². The van der Waals surface area contributed by atoms with Crippen LogP contribution >= 0.6 is 0 Å². The van der Waals surface area contributed by atoms with Gasteiger partial charge in [-0.1, -0.05) is 24.3 Å². The fourth-order valence-corrected chi connectivity index (χ4v) is 2.48. The first-order valence-electron chi connectivity index (χ1n) is 9.19. The topological polar surface area (TPSA) is 59.6 Å². The highest BCUT2D eigenvalue weighted by atomic mass is 19.3. The van der Waals surface area contributed by atoms with Crippen LogP contribution in [0.15, 0.2) is 48.5 Å². The summed E-state index contributed by atoms with van der Waals surface area (Å²) >= 11 is 0. The van der Waals surface area contributed by atoms with Crippen molar-refractivity contribution in [1.29, 1.82) is 0 Å². The summed E-state index contributed by atoms with van der Waals surface area (Å²) in [7, 11) is 0. The second-order valence-corrected chi connectivity index (χ2v) is 6.52. The van der Waals surface area contributed by atoms with E-state index in [-0.39, 0.29) is 18.7 Å². The van der Waals surface area contributed by atoms with Crippen molar-refractivity contribution in [1.82, 2.24) is 10.6 Å². The van der Waals surface area contributed by atoms with Crippen LogP contribution in [0.1, 0.15) is 25.0 Å². The van der Waals surface area contributed by atoms with E-state index in [1.807, 2.05) is 38.1 Å². The molecular formula is C21H26F2N2O3. The average molecular weight is 392 g/mol. The van der Waals surface area contributed by atoms with E-state index in [1.54, 1.807) is 24.3 Å². The maximum atomic E-state index is 12.2. The number of carbonyl (C=O) groups excluding carboxylic acids is 1. The number of urea groups is 1. The molecule has 2 amide bonds. The van der Waals surface area contributed by atoms with Gasteiger partial charge < -0.3 is 20.1 Å². The number of benzene rings is 2. The predicted octanol–water partition coefficient (Wildman–Crippen LogP) is 4.16. The smallest absolute Gasteiger partial charge is 0.315 e. The molecule has 0 heterocycles. The Morgan fingerprint density at radius 1 is 1.00 bits per heavy atom. The third-order valence-electron chi connectivity index (χ3n) is 3.72. The highest BCUT2D eigenvalue weighted by Gasteiger charge is 2.05. The molecule has 0 fully saturated rings. The zero-order valence-corrected chi connectivity index (χ0v) is 16.1. The first kappa shape index (κ1) is 21.5. The number of hydrogen-bond acceptors (Lipinski definition) is 3. The predicted molar refractivity (Wildman–Crippen MR) is 104 cm³/mol. The lowest BCUT2D eigenvalue weighted by Gasteiger charge is -2.11. The van der Waals surface area contributed by atoms with Gasteiger partial charge in [0.1, 0.15) is 18.1 Å². The van der Waals surface area contributed by atoms with Gasteiger partial charge in [0, 0.05) is 13.1 Å². The maximum absolute atomic E-state index is 12.2. The van der Waals surface area contributed by atoms with Gasteiger partial charge in [-0.25, -0.2) is 13.6 Å². The molecule has 0 spiro atoms. The summed E-state index contributed by atoms with van der Waals surface area (Å²) in [6.07, 6.45) is -1.69. The first-order valence-corrected chi connectivity index (χ1v) is 9.19. The van der Waals surface area contributed by atoms with Crippen molar-refractivity contribution in [3.63, 3.8) is 0 Å². The molecule has 2 rings (SSSR count). The number of halogens is 2. The van der Waals surface area contributed by atoms with Crippen molar-refractivity contribution < 1.29 is 23.0 Å². The average Bonchev–Trinajstić information content (AvgIpc) is 2.66. The lowest BCUT2D eigenvalue weighted by atomic mass is 10.1. The van der Waals surface area contributed by atoms with Gasteiger partial charge in [-0.05, 0) is 55.7 Å². The van der Waals surface area contributed by atoms with Crippen LogP contribution in [0.25, 0.3) is 0 Å². The van der Waals surface area contributed by atoms with E-state index in [0.717, 1.165) is 16.9 Å². The lowest BCUT2D eigenvalue weighted by Crippen LogP contribution is -2.36. The molecule has 152 valence electrons. The summed E-state index contributed by atoms with van der Waals surface area (Å²) in [5.74, 6) is 1.18. The largest absolute Gasteiger partial charge is 0.491 e. The number of rotatable bonds is 10. The molecule has 5 nitrogen and oxygen atoms in total. The minimum absolute atomic E-state index is 0.132. The molecular weight excluding hydrogens is 366 g/mol. The van der Waals surface area contributed by atoms with Crippen LogP contribution in [0.5, 0.6) is 11.5 Å². The van der Waals surface area contributed by atoms with Crippen LogP contribution in [-0.4, -0.2) is 31.7 Å². The summed E-state index contributed by atoms with van der Waals surface area (Å²) in [5, 5.41) is 5.53. The molecule has 0 aliphatic rings. The summed E-state index contributed by atoms with van der Waals surface area (Å²) in [6, 6.07) is 14.2. The van der Waals surface area contributed by atoms with Crippen molar-refractivity contribution in [2.75, 3.05) is 13.2 Å². The third-order valence-corrected chi connectivity index (χ3v) is 3.72. The SMILES string of the molecule is CC(C)Oc1ccc(CCNC(=O)NCc2cccc(OCC(F)F)c2)cc1. The Balaban J connectivity index is 1.69. The van der Waals surface area contributed by atoms with E-state index in [9.17, 15) is 13.6 Å². The molecule has 2 aromatic rings. The standard InChI is InChI=1S/C21H26F2N2O3/c1-15(2)28-18-8-6-16(7-9-18)10-11-24-21(26)25-13-17-4-3-5-19(12-17)27-14-20(22)23/h3-9,12,15,20H,10-11,13-14H2,1-2H3,(H2,24,25,26). The molecule has 0 saturated carbocycles. The molecule has 28 heavy (non-hydrogen) atoms. The molecule has 0 aromatic heterocycles. The van der Waals surface area contributed by atoms with Gasteiger partial charge in [0.2, 0.25) is 0 Å². The monoisotopic (exact) mass is 392 g/mol. The second kappa shape index (κ2) is 11.1. The van der Waals surface area contributed by atoms with Gasteiger partial charge in [-0.15, -0.1) is 0 Å². The van der Waals surface area contributed by atoms with Crippen LogP contribution in [0.2, 0.25) is 0 Å².